The maximum atomic E-state index is 12.0. The molecule has 0 aliphatic heterocycles. The van der Waals surface area contributed by atoms with E-state index in [4.69, 9.17) is 5.73 Å². The summed E-state index contributed by atoms with van der Waals surface area (Å²) >= 11 is 0. The standard InChI is InChI=1S/C12H19NO3S2/c1-3-4-10(13)9-17(14)11-5-7-12(8-6-11)18(2,15)16/h5-8,10H,3-4,9,13H2,1-2H3. The van der Waals surface area contributed by atoms with Gasteiger partial charge in [0.15, 0.2) is 9.84 Å². The molecule has 0 heterocycles. The van der Waals surface area contributed by atoms with Gasteiger partial charge in [-0.1, -0.05) is 13.3 Å². The lowest BCUT2D eigenvalue weighted by atomic mass is 10.2. The summed E-state index contributed by atoms with van der Waals surface area (Å²) in [6.45, 7) is 2.03. The molecule has 0 bridgehead atoms. The second-order valence-electron chi connectivity index (χ2n) is 4.30. The topological polar surface area (TPSA) is 77.2 Å². The molecule has 1 rings (SSSR count). The summed E-state index contributed by atoms with van der Waals surface area (Å²) in [5.41, 5.74) is 5.83. The third kappa shape index (κ3) is 4.51. The molecule has 2 N–H and O–H groups in total. The highest BCUT2D eigenvalue weighted by atomic mass is 32.2. The van der Waals surface area contributed by atoms with Gasteiger partial charge < -0.3 is 5.73 Å². The average Bonchev–Trinajstić information content (AvgIpc) is 2.28. The molecule has 0 aliphatic rings. The molecule has 0 spiro atoms. The first-order valence-electron chi connectivity index (χ1n) is 5.78. The SMILES string of the molecule is CCCC(N)CS(=O)c1ccc(S(C)(=O)=O)cc1. The summed E-state index contributed by atoms with van der Waals surface area (Å²) in [4.78, 5) is 0.857. The van der Waals surface area contributed by atoms with Crippen molar-refractivity contribution in [2.24, 2.45) is 5.73 Å². The van der Waals surface area contributed by atoms with E-state index >= 15 is 0 Å². The van der Waals surface area contributed by atoms with Crippen LogP contribution in [0.4, 0.5) is 0 Å². The fourth-order valence-corrected chi connectivity index (χ4v) is 3.40. The van der Waals surface area contributed by atoms with Crippen molar-refractivity contribution >= 4 is 20.6 Å². The van der Waals surface area contributed by atoms with Crippen molar-refractivity contribution in [1.29, 1.82) is 0 Å². The van der Waals surface area contributed by atoms with E-state index in [1.807, 2.05) is 6.92 Å². The van der Waals surface area contributed by atoms with Crippen LogP contribution in [-0.2, 0) is 20.6 Å². The van der Waals surface area contributed by atoms with Gasteiger partial charge in [-0.3, -0.25) is 4.21 Å². The number of hydrogen-bond donors (Lipinski definition) is 1. The highest BCUT2D eigenvalue weighted by Crippen LogP contribution is 2.14. The first-order chi connectivity index (χ1) is 8.34. The summed E-state index contributed by atoms with van der Waals surface area (Å²) < 4.78 is 34.5. The summed E-state index contributed by atoms with van der Waals surface area (Å²) in [5, 5.41) is 0. The Bertz CT molecular complexity index is 509. The lowest BCUT2D eigenvalue weighted by Crippen LogP contribution is -2.26. The van der Waals surface area contributed by atoms with Gasteiger partial charge in [0, 0.05) is 22.9 Å². The minimum atomic E-state index is -3.20. The Morgan fingerprint density at radius 2 is 1.83 bits per heavy atom. The first-order valence-corrected chi connectivity index (χ1v) is 8.99. The Labute approximate surface area is 111 Å². The zero-order valence-electron chi connectivity index (χ0n) is 10.6. The second-order valence-corrected chi connectivity index (χ2v) is 7.82. The van der Waals surface area contributed by atoms with Gasteiger partial charge >= 0.3 is 0 Å². The van der Waals surface area contributed by atoms with Crippen LogP contribution in [0.15, 0.2) is 34.1 Å². The van der Waals surface area contributed by atoms with Crippen LogP contribution < -0.4 is 5.73 Å². The predicted molar refractivity (Wildman–Crippen MR) is 73.7 cm³/mol. The minimum Gasteiger partial charge on any atom is -0.327 e. The average molecular weight is 289 g/mol. The Morgan fingerprint density at radius 1 is 1.28 bits per heavy atom. The van der Waals surface area contributed by atoms with Crippen molar-refractivity contribution in [2.75, 3.05) is 12.0 Å². The molecule has 18 heavy (non-hydrogen) atoms. The second kappa shape index (κ2) is 6.45. The monoisotopic (exact) mass is 289 g/mol. The number of hydrogen-bond acceptors (Lipinski definition) is 4. The molecule has 0 fully saturated rings. The largest absolute Gasteiger partial charge is 0.327 e. The van der Waals surface area contributed by atoms with Crippen LogP contribution in [0.1, 0.15) is 19.8 Å². The number of rotatable bonds is 6. The molecule has 1 aromatic rings. The summed E-state index contributed by atoms with van der Waals surface area (Å²) in [7, 11) is -4.37. The Hall–Kier alpha value is -0.720. The van der Waals surface area contributed by atoms with Crippen molar-refractivity contribution in [3.63, 3.8) is 0 Å². The zero-order chi connectivity index (χ0) is 13.8. The van der Waals surface area contributed by atoms with Crippen molar-refractivity contribution in [3.8, 4) is 0 Å². The van der Waals surface area contributed by atoms with E-state index in [2.05, 4.69) is 0 Å². The molecule has 2 atom stereocenters. The van der Waals surface area contributed by atoms with E-state index < -0.39 is 20.6 Å². The zero-order valence-corrected chi connectivity index (χ0v) is 12.3. The van der Waals surface area contributed by atoms with Crippen LogP contribution in [0.3, 0.4) is 0 Å². The third-order valence-electron chi connectivity index (χ3n) is 2.54. The van der Waals surface area contributed by atoms with E-state index in [0.29, 0.717) is 10.6 Å². The lowest BCUT2D eigenvalue weighted by molar-refractivity contribution is 0.601. The number of sulfone groups is 1. The fraction of sp³-hybridized carbons (Fsp3) is 0.500. The molecule has 0 saturated heterocycles. The van der Waals surface area contributed by atoms with Gasteiger partial charge in [0.1, 0.15) is 0 Å². The van der Waals surface area contributed by atoms with Crippen molar-refractivity contribution in [2.45, 2.75) is 35.6 Å². The molecule has 0 radical (unpaired) electrons. The highest BCUT2D eigenvalue weighted by molar-refractivity contribution is 7.90. The smallest absolute Gasteiger partial charge is 0.175 e. The van der Waals surface area contributed by atoms with Gasteiger partial charge in [-0.05, 0) is 30.7 Å². The van der Waals surface area contributed by atoms with Crippen LogP contribution in [0.25, 0.3) is 0 Å². The van der Waals surface area contributed by atoms with Crippen LogP contribution >= 0.6 is 0 Å². The van der Waals surface area contributed by atoms with E-state index in [9.17, 15) is 12.6 Å². The molecular weight excluding hydrogens is 270 g/mol. The summed E-state index contributed by atoms with van der Waals surface area (Å²) in [6, 6.07) is 6.06. The Balaban J connectivity index is 2.77. The third-order valence-corrected chi connectivity index (χ3v) is 5.20. The predicted octanol–water partition coefficient (Wildman–Crippen LogP) is 1.33. The van der Waals surface area contributed by atoms with E-state index in [1.54, 1.807) is 12.1 Å². The molecule has 0 amide bonds. The van der Waals surface area contributed by atoms with Crippen molar-refractivity contribution in [3.05, 3.63) is 24.3 Å². The van der Waals surface area contributed by atoms with E-state index in [0.717, 1.165) is 19.1 Å². The molecule has 4 nitrogen and oxygen atoms in total. The van der Waals surface area contributed by atoms with Gasteiger partial charge in [0.05, 0.1) is 15.7 Å². The van der Waals surface area contributed by atoms with Gasteiger partial charge in [-0.25, -0.2) is 8.42 Å². The Morgan fingerprint density at radius 3 is 2.28 bits per heavy atom. The fourth-order valence-electron chi connectivity index (χ4n) is 1.58. The normalized spacial score (nSPS) is 15.3. The maximum Gasteiger partial charge on any atom is 0.175 e. The van der Waals surface area contributed by atoms with E-state index in [-0.39, 0.29) is 10.9 Å². The van der Waals surface area contributed by atoms with Crippen LogP contribution in [0.5, 0.6) is 0 Å². The molecule has 6 heteroatoms. The van der Waals surface area contributed by atoms with Gasteiger partial charge in [0.25, 0.3) is 0 Å². The quantitative estimate of drug-likeness (QED) is 0.857. The molecule has 0 aromatic heterocycles. The molecule has 102 valence electrons. The lowest BCUT2D eigenvalue weighted by Gasteiger charge is -2.10. The molecule has 0 aliphatic carbocycles. The molecule has 2 unspecified atom stereocenters. The Kier molecular flexibility index (Phi) is 5.49. The summed E-state index contributed by atoms with van der Waals surface area (Å²) in [6.07, 6.45) is 2.95. The van der Waals surface area contributed by atoms with Crippen molar-refractivity contribution in [1.82, 2.24) is 0 Å². The van der Waals surface area contributed by atoms with Gasteiger partial charge in [0.2, 0.25) is 0 Å². The van der Waals surface area contributed by atoms with E-state index in [1.165, 1.54) is 12.1 Å². The molecule has 1 aromatic carbocycles. The van der Waals surface area contributed by atoms with Crippen molar-refractivity contribution < 1.29 is 12.6 Å². The highest BCUT2D eigenvalue weighted by Gasteiger charge is 2.11. The van der Waals surface area contributed by atoms with Gasteiger partial charge in [-0.2, -0.15) is 0 Å². The minimum absolute atomic E-state index is 0.0783. The van der Waals surface area contributed by atoms with Crippen LogP contribution in [-0.4, -0.2) is 30.7 Å². The van der Waals surface area contributed by atoms with Crippen LogP contribution in [0, 0.1) is 0 Å². The number of benzene rings is 1. The van der Waals surface area contributed by atoms with Crippen LogP contribution in [0.2, 0.25) is 0 Å². The molecular formula is C12H19NO3S2. The first kappa shape index (κ1) is 15.3. The maximum absolute atomic E-state index is 12.0. The molecule has 0 saturated carbocycles. The number of nitrogens with two attached hydrogens (primary N) is 1. The van der Waals surface area contributed by atoms with Gasteiger partial charge in [-0.15, -0.1) is 0 Å². The summed E-state index contributed by atoms with van der Waals surface area (Å²) in [5.74, 6) is 0.409.